The van der Waals surface area contributed by atoms with Gasteiger partial charge in [0.2, 0.25) is 11.8 Å². The van der Waals surface area contributed by atoms with E-state index in [1.807, 2.05) is 24.3 Å². The van der Waals surface area contributed by atoms with E-state index in [0.717, 1.165) is 5.56 Å². The molecule has 0 radical (unpaired) electrons. The number of amides is 2. The minimum absolute atomic E-state index is 0.135. The molecule has 1 aliphatic rings. The molecule has 0 saturated carbocycles. The maximum Gasteiger partial charge on any atom is 0.227 e. The summed E-state index contributed by atoms with van der Waals surface area (Å²) in [7, 11) is 1.58. The number of ether oxygens (including phenoxy) is 1. The summed E-state index contributed by atoms with van der Waals surface area (Å²) in [5.41, 5.74) is 1.48. The van der Waals surface area contributed by atoms with Crippen LogP contribution in [0.15, 0.2) is 48.5 Å². The SMILES string of the molecule is COc1ccccc1CNC(=O)C1CC(=O)N(c2ccc(F)cc2)C1. The molecule has 1 saturated heterocycles. The number of rotatable bonds is 5. The molecular weight excluding hydrogens is 323 g/mol. The zero-order valence-corrected chi connectivity index (χ0v) is 13.9. The van der Waals surface area contributed by atoms with Crippen molar-refractivity contribution in [1.82, 2.24) is 5.32 Å². The van der Waals surface area contributed by atoms with E-state index in [1.54, 1.807) is 19.2 Å². The summed E-state index contributed by atoms with van der Waals surface area (Å²) in [5, 5.41) is 2.86. The number of carbonyl (C=O) groups excluding carboxylic acids is 2. The second-order valence-electron chi connectivity index (χ2n) is 5.91. The van der Waals surface area contributed by atoms with Crippen LogP contribution < -0.4 is 15.0 Å². The molecule has 3 rings (SSSR count). The van der Waals surface area contributed by atoms with Crippen LogP contribution in [-0.2, 0) is 16.1 Å². The van der Waals surface area contributed by atoms with Crippen molar-refractivity contribution in [2.24, 2.45) is 5.92 Å². The number of hydrogen-bond acceptors (Lipinski definition) is 3. The summed E-state index contributed by atoms with van der Waals surface area (Å²) in [5.74, 6) is -0.389. The second kappa shape index (κ2) is 7.34. The van der Waals surface area contributed by atoms with Gasteiger partial charge in [0.25, 0.3) is 0 Å². The van der Waals surface area contributed by atoms with Crippen LogP contribution in [0.4, 0.5) is 10.1 Å². The van der Waals surface area contributed by atoms with Crippen LogP contribution in [0.2, 0.25) is 0 Å². The zero-order valence-electron chi connectivity index (χ0n) is 13.9. The number of anilines is 1. The monoisotopic (exact) mass is 342 g/mol. The number of methoxy groups -OCH3 is 1. The van der Waals surface area contributed by atoms with Gasteiger partial charge in [-0.3, -0.25) is 9.59 Å². The number of carbonyl (C=O) groups is 2. The second-order valence-corrected chi connectivity index (χ2v) is 5.91. The first-order chi connectivity index (χ1) is 12.1. The summed E-state index contributed by atoms with van der Waals surface area (Å²) >= 11 is 0. The van der Waals surface area contributed by atoms with Crippen molar-refractivity contribution < 1.29 is 18.7 Å². The van der Waals surface area contributed by atoms with E-state index >= 15 is 0 Å². The Hall–Kier alpha value is -2.89. The van der Waals surface area contributed by atoms with Gasteiger partial charge in [-0.2, -0.15) is 0 Å². The Bertz CT molecular complexity index is 776. The van der Waals surface area contributed by atoms with Gasteiger partial charge in [-0.25, -0.2) is 4.39 Å². The van der Waals surface area contributed by atoms with Crippen LogP contribution in [0.3, 0.4) is 0 Å². The molecule has 25 heavy (non-hydrogen) atoms. The fraction of sp³-hybridized carbons (Fsp3) is 0.263. The Morgan fingerprint density at radius 2 is 1.96 bits per heavy atom. The first kappa shape index (κ1) is 17.0. The van der Waals surface area contributed by atoms with Crippen molar-refractivity contribution in [3.05, 3.63) is 59.9 Å². The third-order valence-electron chi connectivity index (χ3n) is 4.28. The highest BCUT2D eigenvalue weighted by Crippen LogP contribution is 2.25. The molecular formula is C19H19FN2O3. The van der Waals surface area contributed by atoms with Gasteiger partial charge in [0.05, 0.1) is 13.0 Å². The minimum Gasteiger partial charge on any atom is -0.496 e. The molecule has 1 aliphatic heterocycles. The number of benzene rings is 2. The Morgan fingerprint density at radius 1 is 1.24 bits per heavy atom. The van der Waals surface area contributed by atoms with E-state index in [1.165, 1.54) is 17.0 Å². The zero-order chi connectivity index (χ0) is 17.8. The van der Waals surface area contributed by atoms with Gasteiger partial charge < -0.3 is 15.0 Å². The van der Waals surface area contributed by atoms with Crippen molar-refractivity contribution in [3.8, 4) is 5.75 Å². The Morgan fingerprint density at radius 3 is 2.68 bits per heavy atom. The molecule has 2 amide bonds. The van der Waals surface area contributed by atoms with Gasteiger partial charge in [0.1, 0.15) is 11.6 Å². The smallest absolute Gasteiger partial charge is 0.227 e. The summed E-state index contributed by atoms with van der Waals surface area (Å²) < 4.78 is 18.3. The molecule has 2 aromatic rings. The predicted molar refractivity (Wildman–Crippen MR) is 91.7 cm³/mol. The quantitative estimate of drug-likeness (QED) is 0.908. The number of nitrogens with zero attached hydrogens (tertiary/aromatic N) is 1. The topological polar surface area (TPSA) is 58.6 Å². The highest BCUT2D eigenvalue weighted by molar-refractivity contribution is 6.00. The highest BCUT2D eigenvalue weighted by Gasteiger charge is 2.35. The lowest BCUT2D eigenvalue weighted by atomic mass is 10.1. The van der Waals surface area contributed by atoms with Crippen molar-refractivity contribution >= 4 is 17.5 Å². The lowest BCUT2D eigenvalue weighted by molar-refractivity contribution is -0.126. The van der Waals surface area contributed by atoms with E-state index < -0.39 is 5.92 Å². The fourth-order valence-electron chi connectivity index (χ4n) is 2.93. The lowest BCUT2D eigenvalue weighted by Crippen LogP contribution is -2.32. The van der Waals surface area contributed by atoms with Crippen LogP contribution in [0, 0.1) is 11.7 Å². The van der Waals surface area contributed by atoms with Crippen molar-refractivity contribution in [3.63, 3.8) is 0 Å². The summed E-state index contributed by atoms with van der Waals surface area (Å²) in [6.45, 7) is 0.631. The fourth-order valence-corrected chi connectivity index (χ4v) is 2.93. The van der Waals surface area contributed by atoms with Crippen LogP contribution in [0.1, 0.15) is 12.0 Å². The molecule has 1 atom stereocenters. The molecule has 1 heterocycles. The number of hydrogen-bond donors (Lipinski definition) is 1. The van der Waals surface area contributed by atoms with Gasteiger partial charge in [-0.1, -0.05) is 18.2 Å². The van der Waals surface area contributed by atoms with Crippen LogP contribution in [0.5, 0.6) is 5.75 Å². The predicted octanol–water partition coefficient (Wildman–Crippen LogP) is 2.50. The van der Waals surface area contributed by atoms with Crippen LogP contribution in [-0.4, -0.2) is 25.5 Å². The molecule has 0 aromatic heterocycles. The first-order valence-corrected chi connectivity index (χ1v) is 8.04. The minimum atomic E-state index is -0.424. The molecule has 1 N–H and O–H groups in total. The van der Waals surface area contributed by atoms with Gasteiger partial charge in [0, 0.05) is 30.8 Å². The van der Waals surface area contributed by atoms with Crippen molar-refractivity contribution in [2.75, 3.05) is 18.6 Å². The lowest BCUT2D eigenvalue weighted by Gasteiger charge is -2.17. The standard InChI is InChI=1S/C19H19FN2O3/c1-25-17-5-3-2-4-13(17)11-21-19(24)14-10-18(23)22(12-14)16-8-6-15(20)7-9-16/h2-9,14H,10-12H2,1H3,(H,21,24). The molecule has 130 valence electrons. The molecule has 0 bridgehead atoms. The average molecular weight is 342 g/mol. The molecule has 2 aromatic carbocycles. The number of nitrogens with one attached hydrogen (secondary N) is 1. The molecule has 0 spiro atoms. The average Bonchev–Trinajstić information content (AvgIpc) is 3.02. The maximum atomic E-state index is 13.0. The Labute approximate surface area is 145 Å². The van der Waals surface area contributed by atoms with Crippen molar-refractivity contribution in [1.29, 1.82) is 0 Å². The largest absolute Gasteiger partial charge is 0.496 e. The third kappa shape index (κ3) is 3.79. The van der Waals surface area contributed by atoms with E-state index in [0.29, 0.717) is 24.5 Å². The van der Waals surface area contributed by atoms with Crippen molar-refractivity contribution in [2.45, 2.75) is 13.0 Å². The van der Waals surface area contributed by atoms with Gasteiger partial charge in [-0.15, -0.1) is 0 Å². The van der Waals surface area contributed by atoms with E-state index in [2.05, 4.69) is 5.32 Å². The summed E-state index contributed by atoms with van der Waals surface area (Å²) in [6.07, 6.45) is 0.148. The Balaban J connectivity index is 1.62. The molecule has 1 unspecified atom stereocenters. The molecule has 5 nitrogen and oxygen atoms in total. The maximum absolute atomic E-state index is 13.0. The molecule has 1 fully saturated rings. The first-order valence-electron chi connectivity index (χ1n) is 8.04. The summed E-state index contributed by atoms with van der Waals surface area (Å²) in [6, 6.07) is 13.1. The van der Waals surface area contributed by atoms with Gasteiger partial charge >= 0.3 is 0 Å². The van der Waals surface area contributed by atoms with Crippen LogP contribution >= 0.6 is 0 Å². The van der Waals surface area contributed by atoms with E-state index in [4.69, 9.17) is 4.74 Å². The van der Waals surface area contributed by atoms with E-state index in [9.17, 15) is 14.0 Å². The number of para-hydroxylation sites is 1. The van der Waals surface area contributed by atoms with E-state index in [-0.39, 0.29) is 24.1 Å². The summed E-state index contributed by atoms with van der Waals surface area (Å²) in [4.78, 5) is 26.1. The highest BCUT2D eigenvalue weighted by atomic mass is 19.1. The molecule has 0 aliphatic carbocycles. The number of halogens is 1. The van der Waals surface area contributed by atoms with Crippen LogP contribution in [0.25, 0.3) is 0 Å². The van der Waals surface area contributed by atoms with Gasteiger partial charge in [0.15, 0.2) is 0 Å². The normalized spacial score (nSPS) is 16.8. The van der Waals surface area contributed by atoms with Gasteiger partial charge in [-0.05, 0) is 30.3 Å². The molecule has 6 heteroatoms. The Kier molecular flexibility index (Phi) is 4.97. The third-order valence-corrected chi connectivity index (χ3v) is 4.28.